The van der Waals surface area contributed by atoms with E-state index < -0.39 is 5.60 Å². The maximum atomic E-state index is 12.4. The lowest BCUT2D eigenvalue weighted by Gasteiger charge is -2.39. The Hall–Kier alpha value is -1.86. The van der Waals surface area contributed by atoms with Crippen LogP contribution in [0.15, 0.2) is 18.3 Å². The zero-order valence-electron chi connectivity index (χ0n) is 14.0. The fourth-order valence-electron chi connectivity index (χ4n) is 2.55. The molecule has 23 heavy (non-hydrogen) atoms. The van der Waals surface area contributed by atoms with Gasteiger partial charge in [0.05, 0.1) is 19.3 Å². The summed E-state index contributed by atoms with van der Waals surface area (Å²) in [7, 11) is 0. The second-order valence-electron chi connectivity index (χ2n) is 6.77. The fourth-order valence-corrected chi connectivity index (χ4v) is 2.55. The molecular formula is C16H26N4O3. The molecule has 1 aliphatic heterocycles. The van der Waals surface area contributed by atoms with E-state index in [-0.39, 0.29) is 18.2 Å². The van der Waals surface area contributed by atoms with Gasteiger partial charge in [-0.1, -0.05) is 0 Å². The van der Waals surface area contributed by atoms with Gasteiger partial charge in [-0.2, -0.15) is 0 Å². The first-order valence-corrected chi connectivity index (χ1v) is 7.79. The van der Waals surface area contributed by atoms with E-state index in [1.807, 2.05) is 26.8 Å². The molecule has 2 atom stereocenters. The summed E-state index contributed by atoms with van der Waals surface area (Å²) in [4.78, 5) is 18.0. The minimum atomic E-state index is -0.538. The van der Waals surface area contributed by atoms with Gasteiger partial charge in [-0.15, -0.1) is 0 Å². The number of pyridine rings is 1. The molecule has 1 saturated heterocycles. The van der Waals surface area contributed by atoms with Crippen molar-refractivity contribution in [3.63, 3.8) is 0 Å². The number of morpholine rings is 1. The van der Waals surface area contributed by atoms with Crippen molar-refractivity contribution >= 4 is 11.9 Å². The molecule has 0 aromatic carbocycles. The van der Waals surface area contributed by atoms with Gasteiger partial charge in [0.15, 0.2) is 0 Å². The van der Waals surface area contributed by atoms with Gasteiger partial charge in [0.25, 0.3) is 0 Å². The number of nitrogens with two attached hydrogens (primary N) is 2. The highest BCUT2D eigenvalue weighted by molar-refractivity contribution is 5.68. The standard InChI is InChI=1S/C16H26N4O3/c1-16(2,3)23-15(21)20-6-7-22-10-13(20)12(17)8-11-4-5-19-14(18)9-11/h4-5,9,12-13H,6-8,10,17H2,1-3H3,(H2,18,19). The lowest BCUT2D eigenvalue weighted by Crippen LogP contribution is -2.58. The molecule has 1 aromatic heterocycles. The molecule has 0 aliphatic carbocycles. The van der Waals surface area contributed by atoms with E-state index in [9.17, 15) is 4.79 Å². The zero-order valence-corrected chi connectivity index (χ0v) is 14.0. The summed E-state index contributed by atoms with van der Waals surface area (Å²) in [6, 6.07) is 3.16. The number of ether oxygens (including phenoxy) is 2. The second kappa shape index (κ2) is 7.14. The third kappa shape index (κ3) is 5.07. The molecule has 1 fully saturated rings. The molecule has 128 valence electrons. The number of aromatic nitrogens is 1. The lowest BCUT2D eigenvalue weighted by atomic mass is 9.99. The largest absolute Gasteiger partial charge is 0.444 e. The molecule has 0 radical (unpaired) electrons. The normalized spacial score (nSPS) is 20.2. The van der Waals surface area contributed by atoms with Crippen LogP contribution in [0.3, 0.4) is 0 Å². The van der Waals surface area contributed by atoms with Gasteiger partial charge in [-0.3, -0.25) is 4.90 Å². The predicted molar refractivity (Wildman–Crippen MR) is 87.9 cm³/mol. The summed E-state index contributed by atoms with van der Waals surface area (Å²) >= 11 is 0. The number of nitrogens with zero attached hydrogens (tertiary/aromatic N) is 2. The maximum absolute atomic E-state index is 12.4. The highest BCUT2D eigenvalue weighted by Gasteiger charge is 2.34. The smallest absolute Gasteiger partial charge is 0.410 e. The minimum absolute atomic E-state index is 0.229. The molecule has 0 spiro atoms. The second-order valence-corrected chi connectivity index (χ2v) is 6.77. The Morgan fingerprint density at radius 1 is 1.57 bits per heavy atom. The van der Waals surface area contributed by atoms with Crippen LogP contribution < -0.4 is 11.5 Å². The number of hydrogen-bond acceptors (Lipinski definition) is 6. The SMILES string of the molecule is CC(C)(C)OC(=O)N1CCOCC1C(N)Cc1ccnc(N)c1. The number of carbonyl (C=O) groups excluding carboxylic acids is 1. The van der Waals surface area contributed by atoms with Crippen LogP contribution in [0.2, 0.25) is 0 Å². The molecule has 7 heteroatoms. The first-order chi connectivity index (χ1) is 10.8. The van der Waals surface area contributed by atoms with E-state index in [0.29, 0.717) is 32.0 Å². The number of hydrogen-bond donors (Lipinski definition) is 2. The highest BCUT2D eigenvalue weighted by Crippen LogP contribution is 2.18. The summed E-state index contributed by atoms with van der Waals surface area (Å²) in [5.41, 5.74) is 12.5. The molecule has 2 rings (SSSR count). The van der Waals surface area contributed by atoms with Crippen molar-refractivity contribution in [3.8, 4) is 0 Å². The van der Waals surface area contributed by atoms with Crippen LogP contribution in [0.1, 0.15) is 26.3 Å². The summed E-state index contributed by atoms with van der Waals surface area (Å²) in [5.74, 6) is 0.457. The van der Waals surface area contributed by atoms with Crippen LogP contribution in [0.4, 0.5) is 10.6 Å². The third-order valence-electron chi connectivity index (χ3n) is 3.60. The Balaban J connectivity index is 2.06. The molecule has 2 heterocycles. The van der Waals surface area contributed by atoms with Gasteiger partial charge in [-0.25, -0.2) is 9.78 Å². The minimum Gasteiger partial charge on any atom is -0.444 e. The van der Waals surface area contributed by atoms with Crippen molar-refractivity contribution < 1.29 is 14.3 Å². The van der Waals surface area contributed by atoms with Crippen molar-refractivity contribution in [2.75, 3.05) is 25.5 Å². The summed E-state index contributed by atoms with van der Waals surface area (Å²) in [5, 5.41) is 0. The number of nitrogen functional groups attached to an aromatic ring is 1. The van der Waals surface area contributed by atoms with Gasteiger partial charge in [0.2, 0.25) is 0 Å². The van der Waals surface area contributed by atoms with Gasteiger partial charge >= 0.3 is 6.09 Å². The van der Waals surface area contributed by atoms with Gasteiger partial charge in [0.1, 0.15) is 11.4 Å². The van der Waals surface area contributed by atoms with Crippen molar-refractivity contribution in [1.82, 2.24) is 9.88 Å². The molecule has 1 aliphatic rings. The van der Waals surface area contributed by atoms with Crippen LogP contribution in [-0.2, 0) is 15.9 Å². The molecule has 7 nitrogen and oxygen atoms in total. The van der Waals surface area contributed by atoms with Crippen molar-refractivity contribution in [2.45, 2.75) is 44.9 Å². The van der Waals surface area contributed by atoms with E-state index in [1.165, 1.54) is 0 Å². The van der Waals surface area contributed by atoms with Crippen molar-refractivity contribution in [3.05, 3.63) is 23.9 Å². The van der Waals surface area contributed by atoms with Crippen molar-refractivity contribution in [1.29, 1.82) is 0 Å². The quantitative estimate of drug-likeness (QED) is 0.866. The number of carbonyl (C=O) groups is 1. The van der Waals surface area contributed by atoms with Crippen LogP contribution >= 0.6 is 0 Å². The van der Waals surface area contributed by atoms with E-state index in [2.05, 4.69) is 4.98 Å². The summed E-state index contributed by atoms with van der Waals surface area (Å²) in [6.45, 7) is 6.91. The monoisotopic (exact) mass is 322 g/mol. The van der Waals surface area contributed by atoms with E-state index in [1.54, 1.807) is 17.2 Å². The topological polar surface area (TPSA) is 104 Å². The molecule has 2 unspecified atom stereocenters. The number of rotatable bonds is 3. The van der Waals surface area contributed by atoms with Crippen LogP contribution in [-0.4, -0.2) is 53.4 Å². The number of amides is 1. The fraction of sp³-hybridized carbons (Fsp3) is 0.625. The maximum Gasteiger partial charge on any atom is 0.410 e. The third-order valence-corrected chi connectivity index (χ3v) is 3.60. The van der Waals surface area contributed by atoms with E-state index in [0.717, 1.165) is 5.56 Å². The van der Waals surface area contributed by atoms with Crippen LogP contribution in [0.25, 0.3) is 0 Å². The Kier molecular flexibility index (Phi) is 5.43. The average molecular weight is 322 g/mol. The molecule has 4 N–H and O–H groups in total. The number of anilines is 1. The van der Waals surface area contributed by atoms with Gasteiger partial charge < -0.3 is 20.9 Å². The molecule has 0 saturated carbocycles. The molecule has 1 aromatic rings. The van der Waals surface area contributed by atoms with Gasteiger partial charge in [-0.05, 0) is 44.9 Å². The molecule has 0 bridgehead atoms. The van der Waals surface area contributed by atoms with Crippen LogP contribution in [0.5, 0.6) is 0 Å². The van der Waals surface area contributed by atoms with Crippen LogP contribution in [0, 0.1) is 0 Å². The highest BCUT2D eigenvalue weighted by atomic mass is 16.6. The van der Waals surface area contributed by atoms with Crippen molar-refractivity contribution in [2.24, 2.45) is 5.73 Å². The van der Waals surface area contributed by atoms with E-state index in [4.69, 9.17) is 20.9 Å². The predicted octanol–water partition coefficient (Wildman–Crippen LogP) is 1.17. The Morgan fingerprint density at radius 2 is 2.30 bits per heavy atom. The molecule has 1 amide bonds. The van der Waals surface area contributed by atoms with Gasteiger partial charge in [0, 0.05) is 18.8 Å². The Bertz CT molecular complexity index is 544. The zero-order chi connectivity index (χ0) is 17.0. The summed E-state index contributed by atoms with van der Waals surface area (Å²) in [6.07, 6.45) is 1.89. The average Bonchev–Trinajstić information content (AvgIpc) is 2.45. The van der Waals surface area contributed by atoms with E-state index >= 15 is 0 Å². The first-order valence-electron chi connectivity index (χ1n) is 7.79. The Labute approximate surface area is 136 Å². The lowest BCUT2D eigenvalue weighted by molar-refractivity contribution is -0.0378. The first kappa shape index (κ1) is 17.5. The summed E-state index contributed by atoms with van der Waals surface area (Å²) < 4.78 is 11.0. The Morgan fingerprint density at radius 3 is 2.96 bits per heavy atom. The molecular weight excluding hydrogens is 296 g/mol.